The van der Waals surface area contributed by atoms with Crippen LogP contribution in [0.4, 0.5) is 0 Å². The van der Waals surface area contributed by atoms with Gasteiger partial charge < -0.3 is 10.1 Å². The monoisotopic (exact) mass is 310 g/mol. The second kappa shape index (κ2) is 7.78. The Hall–Kier alpha value is -1.10. The molecule has 1 atom stereocenters. The molecule has 1 aromatic carbocycles. The van der Waals surface area contributed by atoms with Gasteiger partial charge in [-0.05, 0) is 31.5 Å². The average molecular weight is 311 g/mol. The standard InChI is InChI=1S/C16H23ClN2O2/c1-3-10-21-13-4-5-14(15(17)11-13)16(20)12(2)19-8-6-18-7-9-19/h4-5,11-12,18H,3,6-10H2,1-2H3. The smallest absolute Gasteiger partial charge is 0.181 e. The van der Waals surface area contributed by atoms with E-state index in [0.717, 1.165) is 32.6 Å². The van der Waals surface area contributed by atoms with Crippen LogP contribution in [0.25, 0.3) is 0 Å². The van der Waals surface area contributed by atoms with Crippen molar-refractivity contribution in [2.75, 3.05) is 32.8 Å². The molecule has 0 aromatic heterocycles. The maximum atomic E-state index is 12.6. The van der Waals surface area contributed by atoms with Gasteiger partial charge in [-0.3, -0.25) is 9.69 Å². The molecule has 1 N–H and O–H groups in total. The van der Waals surface area contributed by atoms with Crippen molar-refractivity contribution in [2.45, 2.75) is 26.3 Å². The number of carbonyl (C=O) groups is 1. The number of ketones is 1. The van der Waals surface area contributed by atoms with Gasteiger partial charge in [0, 0.05) is 31.7 Å². The number of ether oxygens (including phenoxy) is 1. The van der Waals surface area contributed by atoms with Crippen molar-refractivity contribution in [1.29, 1.82) is 0 Å². The lowest BCUT2D eigenvalue weighted by Crippen LogP contribution is -2.50. The van der Waals surface area contributed by atoms with Crippen molar-refractivity contribution in [3.63, 3.8) is 0 Å². The molecular weight excluding hydrogens is 288 g/mol. The molecule has 4 nitrogen and oxygen atoms in total. The molecule has 0 amide bonds. The zero-order chi connectivity index (χ0) is 15.2. The van der Waals surface area contributed by atoms with Crippen LogP contribution in [0.15, 0.2) is 18.2 Å². The van der Waals surface area contributed by atoms with Crippen LogP contribution in [0.2, 0.25) is 5.02 Å². The van der Waals surface area contributed by atoms with Gasteiger partial charge >= 0.3 is 0 Å². The Bertz CT molecular complexity index is 487. The van der Waals surface area contributed by atoms with Crippen molar-refractivity contribution in [1.82, 2.24) is 10.2 Å². The highest BCUT2D eigenvalue weighted by molar-refractivity contribution is 6.34. The first kappa shape index (κ1) is 16.3. The molecule has 2 rings (SSSR count). The number of carbonyl (C=O) groups excluding carboxylic acids is 1. The SMILES string of the molecule is CCCOc1ccc(C(=O)C(C)N2CCNCC2)c(Cl)c1. The minimum absolute atomic E-state index is 0.0731. The minimum Gasteiger partial charge on any atom is -0.494 e. The molecule has 1 aliphatic heterocycles. The lowest BCUT2D eigenvalue weighted by Gasteiger charge is -2.32. The number of hydrogen-bond donors (Lipinski definition) is 1. The van der Waals surface area contributed by atoms with Gasteiger partial charge in [-0.25, -0.2) is 0 Å². The number of hydrogen-bond acceptors (Lipinski definition) is 4. The summed E-state index contributed by atoms with van der Waals surface area (Å²) in [6.07, 6.45) is 0.943. The van der Waals surface area contributed by atoms with Gasteiger partial charge in [-0.15, -0.1) is 0 Å². The summed E-state index contributed by atoms with van der Waals surface area (Å²) >= 11 is 6.25. The van der Waals surface area contributed by atoms with Crippen LogP contribution < -0.4 is 10.1 Å². The zero-order valence-electron chi connectivity index (χ0n) is 12.7. The second-order valence-corrected chi connectivity index (χ2v) is 5.72. The maximum absolute atomic E-state index is 12.6. The molecule has 1 aromatic rings. The molecule has 1 unspecified atom stereocenters. The number of benzene rings is 1. The Balaban J connectivity index is 2.07. The Labute approximate surface area is 131 Å². The van der Waals surface area contributed by atoms with E-state index in [0.29, 0.717) is 22.9 Å². The lowest BCUT2D eigenvalue weighted by atomic mass is 10.0. The number of rotatable bonds is 6. The first-order valence-corrected chi connectivity index (χ1v) is 7.92. The normalized spacial score (nSPS) is 17.5. The van der Waals surface area contributed by atoms with E-state index in [4.69, 9.17) is 16.3 Å². The third-order valence-electron chi connectivity index (χ3n) is 3.76. The van der Waals surface area contributed by atoms with Crippen LogP contribution in [0.1, 0.15) is 30.6 Å². The summed E-state index contributed by atoms with van der Waals surface area (Å²) in [7, 11) is 0. The van der Waals surface area contributed by atoms with Crippen molar-refractivity contribution in [3.8, 4) is 5.75 Å². The number of Topliss-reactive ketones (excluding diaryl/α,β-unsaturated/α-hetero) is 1. The fourth-order valence-corrected chi connectivity index (χ4v) is 2.73. The average Bonchev–Trinajstić information content (AvgIpc) is 2.52. The van der Waals surface area contributed by atoms with Crippen LogP contribution in [-0.2, 0) is 0 Å². The molecule has 1 aliphatic rings. The van der Waals surface area contributed by atoms with Gasteiger partial charge in [-0.1, -0.05) is 18.5 Å². The molecule has 0 saturated carbocycles. The van der Waals surface area contributed by atoms with Crippen molar-refractivity contribution in [3.05, 3.63) is 28.8 Å². The predicted molar refractivity (Wildman–Crippen MR) is 85.5 cm³/mol. The van der Waals surface area contributed by atoms with Crippen LogP contribution in [-0.4, -0.2) is 49.5 Å². The molecule has 1 heterocycles. The summed E-state index contributed by atoms with van der Waals surface area (Å²) in [5.41, 5.74) is 0.576. The van der Waals surface area contributed by atoms with Gasteiger partial charge in [0.25, 0.3) is 0 Å². The second-order valence-electron chi connectivity index (χ2n) is 5.32. The Morgan fingerprint density at radius 3 is 2.76 bits per heavy atom. The maximum Gasteiger partial charge on any atom is 0.181 e. The minimum atomic E-state index is -0.146. The van der Waals surface area contributed by atoms with Crippen molar-refractivity contribution in [2.24, 2.45) is 0 Å². The number of nitrogens with zero attached hydrogens (tertiary/aromatic N) is 1. The molecule has 0 bridgehead atoms. The summed E-state index contributed by atoms with van der Waals surface area (Å²) in [5, 5.41) is 3.76. The summed E-state index contributed by atoms with van der Waals surface area (Å²) in [6, 6.07) is 5.18. The summed E-state index contributed by atoms with van der Waals surface area (Å²) in [6.45, 7) is 8.29. The van der Waals surface area contributed by atoms with Gasteiger partial charge in [-0.2, -0.15) is 0 Å². The van der Waals surface area contributed by atoms with E-state index in [-0.39, 0.29) is 11.8 Å². The topological polar surface area (TPSA) is 41.6 Å². The molecule has 1 saturated heterocycles. The van der Waals surface area contributed by atoms with Gasteiger partial charge in [0.15, 0.2) is 5.78 Å². The van der Waals surface area contributed by atoms with E-state index in [1.807, 2.05) is 13.0 Å². The molecular formula is C16H23ClN2O2. The molecule has 116 valence electrons. The largest absolute Gasteiger partial charge is 0.494 e. The first-order valence-electron chi connectivity index (χ1n) is 7.54. The predicted octanol–water partition coefficient (Wildman–Crippen LogP) is 2.61. The van der Waals surface area contributed by atoms with E-state index in [2.05, 4.69) is 17.1 Å². The summed E-state index contributed by atoms with van der Waals surface area (Å²) < 4.78 is 5.53. The number of nitrogens with one attached hydrogen (secondary N) is 1. The highest BCUT2D eigenvalue weighted by Crippen LogP contribution is 2.25. The quantitative estimate of drug-likeness (QED) is 0.820. The molecule has 21 heavy (non-hydrogen) atoms. The van der Waals surface area contributed by atoms with E-state index in [9.17, 15) is 4.79 Å². The van der Waals surface area contributed by atoms with Crippen LogP contribution in [0.5, 0.6) is 5.75 Å². The fourth-order valence-electron chi connectivity index (χ4n) is 2.47. The van der Waals surface area contributed by atoms with Gasteiger partial charge in [0.05, 0.1) is 17.7 Å². The third kappa shape index (κ3) is 4.19. The third-order valence-corrected chi connectivity index (χ3v) is 4.07. The number of piperazine rings is 1. The Kier molecular flexibility index (Phi) is 6.03. The van der Waals surface area contributed by atoms with Crippen molar-refractivity contribution < 1.29 is 9.53 Å². The summed E-state index contributed by atoms with van der Waals surface area (Å²) in [4.78, 5) is 14.8. The highest BCUT2D eigenvalue weighted by atomic mass is 35.5. The van der Waals surface area contributed by atoms with E-state index < -0.39 is 0 Å². The van der Waals surface area contributed by atoms with Crippen molar-refractivity contribution >= 4 is 17.4 Å². The van der Waals surface area contributed by atoms with Gasteiger partial charge in [0.2, 0.25) is 0 Å². The van der Waals surface area contributed by atoms with Crippen LogP contribution >= 0.6 is 11.6 Å². The highest BCUT2D eigenvalue weighted by Gasteiger charge is 2.25. The van der Waals surface area contributed by atoms with E-state index >= 15 is 0 Å². The van der Waals surface area contributed by atoms with Crippen LogP contribution in [0.3, 0.4) is 0 Å². The molecule has 1 fully saturated rings. The zero-order valence-corrected chi connectivity index (χ0v) is 13.4. The lowest BCUT2D eigenvalue weighted by molar-refractivity contribution is 0.0820. The van der Waals surface area contributed by atoms with E-state index in [1.165, 1.54) is 0 Å². The summed E-state index contributed by atoms with van der Waals surface area (Å²) in [5.74, 6) is 0.789. The Morgan fingerprint density at radius 2 is 2.14 bits per heavy atom. The molecule has 0 aliphatic carbocycles. The van der Waals surface area contributed by atoms with Gasteiger partial charge in [0.1, 0.15) is 5.75 Å². The van der Waals surface area contributed by atoms with Crippen LogP contribution in [0, 0.1) is 0 Å². The fraction of sp³-hybridized carbons (Fsp3) is 0.562. The molecule has 5 heteroatoms. The molecule has 0 radical (unpaired) electrons. The van der Waals surface area contributed by atoms with E-state index in [1.54, 1.807) is 12.1 Å². The molecule has 0 spiro atoms. The first-order chi connectivity index (χ1) is 10.1. The Morgan fingerprint density at radius 1 is 1.43 bits per heavy atom. The number of halogens is 1.